The molecule has 1 aliphatic heterocycles. The van der Waals surface area contributed by atoms with E-state index in [2.05, 4.69) is 0 Å². The van der Waals surface area contributed by atoms with Gasteiger partial charge >= 0.3 is 5.97 Å². The Balaban J connectivity index is 2.16. The summed E-state index contributed by atoms with van der Waals surface area (Å²) in [5, 5.41) is 18.0. The highest BCUT2D eigenvalue weighted by Crippen LogP contribution is 2.34. The lowest BCUT2D eigenvalue weighted by Crippen LogP contribution is -2.27. The van der Waals surface area contributed by atoms with Crippen LogP contribution in [0.25, 0.3) is 11.3 Å². The third kappa shape index (κ3) is 2.74. The lowest BCUT2D eigenvalue weighted by atomic mass is 10.1. The summed E-state index contributed by atoms with van der Waals surface area (Å²) in [6, 6.07) is 9.81. The van der Waals surface area contributed by atoms with Crippen molar-refractivity contribution in [3.05, 3.63) is 46.2 Å². The van der Waals surface area contributed by atoms with Crippen LogP contribution in [-0.2, 0) is 11.3 Å². The van der Waals surface area contributed by atoms with E-state index in [9.17, 15) is 9.59 Å². The zero-order valence-electron chi connectivity index (χ0n) is 12.0. The van der Waals surface area contributed by atoms with Crippen LogP contribution < -0.4 is 15.0 Å². The van der Waals surface area contributed by atoms with Crippen molar-refractivity contribution in [1.29, 1.82) is 5.26 Å². The standard InChI is InChI=1S/C16H12N2O5/c17-8-11-1-3-12(18(16(11)21)9-15(19)20)10-2-4-13-14(7-10)23-6-5-22-13/h1-4,7H,5-6,9H2,(H,19,20). The van der Waals surface area contributed by atoms with Gasteiger partial charge in [-0.05, 0) is 30.3 Å². The van der Waals surface area contributed by atoms with Crippen LogP contribution >= 0.6 is 0 Å². The first kappa shape index (κ1) is 14.7. The number of ether oxygens (including phenoxy) is 2. The van der Waals surface area contributed by atoms with Gasteiger partial charge in [0, 0.05) is 5.56 Å². The molecular weight excluding hydrogens is 300 g/mol. The molecule has 0 aliphatic carbocycles. The van der Waals surface area contributed by atoms with Gasteiger partial charge in [-0.25, -0.2) is 0 Å². The molecule has 3 rings (SSSR count). The van der Waals surface area contributed by atoms with Crippen molar-refractivity contribution in [2.45, 2.75) is 6.54 Å². The van der Waals surface area contributed by atoms with Crippen LogP contribution in [0.2, 0.25) is 0 Å². The molecule has 0 atom stereocenters. The van der Waals surface area contributed by atoms with Gasteiger partial charge in [0.15, 0.2) is 11.5 Å². The number of carbonyl (C=O) groups is 1. The molecule has 1 aliphatic rings. The number of aromatic nitrogens is 1. The van der Waals surface area contributed by atoms with Crippen LogP contribution in [0.5, 0.6) is 11.5 Å². The molecule has 7 nitrogen and oxygen atoms in total. The summed E-state index contributed by atoms with van der Waals surface area (Å²) < 4.78 is 12.0. The Hall–Kier alpha value is -3.27. The number of benzene rings is 1. The molecule has 116 valence electrons. The Labute approximate surface area is 130 Å². The average molecular weight is 312 g/mol. The van der Waals surface area contributed by atoms with Gasteiger partial charge in [0.05, 0.1) is 5.69 Å². The largest absolute Gasteiger partial charge is 0.486 e. The lowest BCUT2D eigenvalue weighted by molar-refractivity contribution is -0.137. The molecule has 7 heteroatoms. The van der Waals surface area contributed by atoms with E-state index >= 15 is 0 Å². The fourth-order valence-corrected chi connectivity index (χ4v) is 2.41. The fraction of sp³-hybridized carbons (Fsp3) is 0.188. The predicted molar refractivity (Wildman–Crippen MR) is 79.5 cm³/mol. The van der Waals surface area contributed by atoms with Gasteiger partial charge in [-0.3, -0.25) is 14.2 Å². The van der Waals surface area contributed by atoms with E-state index in [0.29, 0.717) is 36.0 Å². The zero-order valence-corrected chi connectivity index (χ0v) is 12.0. The summed E-state index contributed by atoms with van der Waals surface area (Å²) in [5.74, 6) is -0.0332. The van der Waals surface area contributed by atoms with Crippen LogP contribution in [0.4, 0.5) is 0 Å². The summed E-state index contributed by atoms with van der Waals surface area (Å²) in [7, 11) is 0. The molecule has 0 unspecified atom stereocenters. The van der Waals surface area contributed by atoms with E-state index in [1.807, 2.05) is 0 Å². The quantitative estimate of drug-likeness (QED) is 0.915. The summed E-state index contributed by atoms with van der Waals surface area (Å²) in [5.41, 5.74) is 0.264. The van der Waals surface area contributed by atoms with E-state index in [1.165, 1.54) is 6.07 Å². The summed E-state index contributed by atoms with van der Waals surface area (Å²) in [6.07, 6.45) is 0. The topological polar surface area (TPSA) is 102 Å². The first-order valence-electron chi connectivity index (χ1n) is 6.86. The molecule has 0 bridgehead atoms. The SMILES string of the molecule is N#Cc1ccc(-c2ccc3c(c2)OCCO3)n(CC(=O)O)c1=O. The molecule has 1 N–H and O–H groups in total. The van der Waals surface area contributed by atoms with Crippen molar-refractivity contribution in [2.75, 3.05) is 13.2 Å². The number of aliphatic carboxylic acids is 1. The fourth-order valence-electron chi connectivity index (χ4n) is 2.41. The second-order valence-electron chi connectivity index (χ2n) is 4.89. The highest BCUT2D eigenvalue weighted by atomic mass is 16.6. The average Bonchev–Trinajstić information content (AvgIpc) is 2.56. The second-order valence-corrected chi connectivity index (χ2v) is 4.89. The molecule has 0 amide bonds. The van der Waals surface area contributed by atoms with E-state index in [4.69, 9.17) is 19.8 Å². The van der Waals surface area contributed by atoms with Crippen molar-refractivity contribution in [3.63, 3.8) is 0 Å². The number of carboxylic acid groups (broad SMARTS) is 1. The maximum absolute atomic E-state index is 12.2. The van der Waals surface area contributed by atoms with Crippen LogP contribution in [0, 0.1) is 11.3 Å². The number of nitrogens with zero attached hydrogens (tertiary/aromatic N) is 2. The van der Waals surface area contributed by atoms with Gasteiger partial charge in [-0.2, -0.15) is 5.26 Å². The predicted octanol–water partition coefficient (Wildman–Crippen LogP) is 1.24. The third-order valence-corrected chi connectivity index (χ3v) is 3.43. The van der Waals surface area contributed by atoms with Gasteiger partial charge in [0.1, 0.15) is 31.4 Å². The molecule has 0 saturated heterocycles. The highest BCUT2D eigenvalue weighted by Gasteiger charge is 2.16. The maximum atomic E-state index is 12.2. The third-order valence-electron chi connectivity index (χ3n) is 3.43. The normalized spacial score (nSPS) is 12.5. The minimum absolute atomic E-state index is 0.104. The van der Waals surface area contributed by atoms with Crippen molar-refractivity contribution in [1.82, 2.24) is 4.57 Å². The minimum atomic E-state index is -1.17. The van der Waals surface area contributed by atoms with Gasteiger partial charge in [0.25, 0.3) is 5.56 Å². The molecule has 0 saturated carbocycles. The van der Waals surface area contributed by atoms with Gasteiger partial charge in [-0.1, -0.05) is 0 Å². The molecule has 0 spiro atoms. The Morgan fingerprint density at radius 1 is 1.22 bits per heavy atom. The van der Waals surface area contributed by atoms with Crippen molar-refractivity contribution < 1.29 is 19.4 Å². The molecule has 23 heavy (non-hydrogen) atoms. The number of hydrogen-bond acceptors (Lipinski definition) is 5. The van der Waals surface area contributed by atoms with Crippen LogP contribution in [0.1, 0.15) is 5.56 Å². The summed E-state index contributed by atoms with van der Waals surface area (Å²) in [4.78, 5) is 23.3. The second kappa shape index (κ2) is 5.85. The number of rotatable bonds is 3. The molecule has 1 aromatic carbocycles. The first-order chi connectivity index (χ1) is 11.1. The molecule has 2 heterocycles. The van der Waals surface area contributed by atoms with Gasteiger partial charge in [0.2, 0.25) is 0 Å². The van der Waals surface area contributed by atoms with Crippen LogP contribution in [0.3, 0.4) is 0 Å². The van der Waals surface area contributed by atoms with E-state index in [1.54, 1.807) is 30.3 Å². The molecule has 0 fully saturated rings. The first-order valence-corrected chi connectivity index (χ1v) is 6.86. The maximum Gasteiger partial charge on any atom is 0.323 e. The van der Waals surface area contributed by atoms with Gasteiger partial charge in [-0.15, -0.1) is 0 Å². The number of hydrogen-bond donors (Lipinski definition) is 1. The lowest BCUT2D eigenvalue weighted by Gasteiger charge is -2.19. The van der Waals surface area contributed by atoms with Gasteiger partial charge < -0.3 is 14.6 Å². The summed E-state index contributed by atoms with van der Waals surface area (Å²) in [6.45, 7) is 0.358. The van der Waals surface area contributed by atoms with Crippen molar-refractivity contribution >= 4 is 5.97 Å². The number of fused-ring (bicyclic) bond motifs is 1. The Morgan fingerprint density at radius 3 is 2.65 bits per heavy atom. The van der Waals surface area contributed by atoms with E-state index in [0.717, 1.165) is 4.57 Å². The highest BCUT2D eigenvalue weighted by molar-refractivity contribution is 5.70. The van der Waals surface area contributed by atoms with Crippen molar-refractivity contribution in [2.24, 2.45) is 0 Å². The monoisotopic (exact) mass is 312 g/mol. The van der Waals surface area contributed by atoms with Crippen molar-refractivity contribution in [3.8, 4) is 28.8 Å². The minimum Gasteiger partial charge on any atom is -0.486 e. The number of pyridine rings is 1. The Kier molecular flexibility index (Phi) is 3.73. The molecule has 0 radical (unpaired) electrons. The molecular formula is C16H12N2O5. The zero-order chi connectivity index (χ0) is 16.4. The molecule has 1 aromatic heterocycles. The van der Waals surface area contributed by atoms with E-state index < -0.39 is 18.1 Å². The Morgan fingerprint density at radius 2 is 1.96 bits per heavy atom. The summed E-state index contributed by atoms with van der Waals surface area (Å²) >= 11 is 0. The molecule has 2 aromatic rings. The van der Waals surface area contributed by atoms with Crippen LogP contribution in [-0.4, -0.2) is 28.9 Å². The Bertz CT molecular complexity index is 879. The number of carboxylic acids is 1. The van der Waals surface area contributed by atoms with E-state index in [-0.39, 0.29) is 5.56 Å². The smallest absolute Gasteiger partial charge is 0.323 e. The van der Waals surface area contributed by atoms with Crippen LogP contribution in [0.15, 0.2) is 35.1 Å². The number of nitriles is 1.